The van der Waals surface area contributed by atoms with E-state index >= 15 is 0 Å². The van der Waals surface area contributed by atoms with Crippen LogP contribution >= 0.6 is 0 Å². The molecule has 2 nitrogen and oxygen atoms in total. The number of piperidine rings is 1. The van der Waals surface area contributed by atoms with Crippen LogP contribution in [0.3, 0.4) is 0 Å². The minimum Gasteiger partial charge on any atom is -0.451 e. The Balaban J connectivity index is 1.98. The largest absolute Gasteiger partial charge is 0.451 e. The third-order valence-electron chi connectivity index (χ3n) is 2.63. The lowest BCUT2D eigenvalue weighted by Gasteiger charge is -2.22. The molecule has 2 N–H and O–H groups in total. The second kappa shape index (κ2) is 5.60. The highest BCUT2D eigenvalue weighted by atomic mass is 16.2. The van der Waals surface area contributed by atoms with Gasteiger partial charge in [0.15, 0.2) is 0 Å². The summed E-state index contributed by atoms with van der Waals surface area (Å²) in [4.78, 5) is 0. The minimum absolute atomic E-state index is 0.110. The van der Waals surface area contributed by atoms with Gasteiger partial charge in [0.1, 0.15) is 0 Å². The zero-order valence-electron chi connectivity index (χ0n) is 8.05. The van der Waals surface area contributed by atoms with Gasteiger partial charge in [-0.15, -0.1) is 0 Å². The molecule has 1 aliphatic heterocycles. The first-order valence-electron chi connectivity index (χ1n) is 5.18. The van der Waals surface area contributed by atoms with Crippen LogP contribution in [-0.4, -0.2) is 25.0 Å². The second-order valence-corrected chi connectivity index (χ2v) is 3.99. The highest BCUT2D eigenvalue weighted by Gasteiger charge is 2.12. The highest BCUT2D eigenvalue weighted by Crippen LogP contribution is 2.17. The van der Waals surface area contributed by atoms with Crippen LogP contribution < -0.4 is 5.32 Å². The fourth-order valence-electron chi connectivity index (χ4n) is 1.87. The summed E-state index contributed by atoms with van der Waals surface area (Å²) in [5.74, 6) is 0.873. The Hall–Kier alpha value is -0.0151. The lowest BCUT2D eigenvalue weighted by atomic mass is 9.66. The third kappa shape index (κ3) is 4.12. The van der Waals surface area contributed by atoms with E-state index in [0.717, 1.165) is 12.2 Å². The quantitative estimate of drug-likeness (QED) is 0.623. The summed E-state index contributed by atoms with van der Waals surface area (Å²) in [5, 5.41) is 12.5. The van der Waals surface area contributed by atoms with Crippen LogP contribution in [0.25, 0.3) is 0 Å². The molecule has 1 fully saturated rings. The molecular formula is C9H20BNO. The maximum Gasteiger partial charge on any atom is 0.285 e. The van der Waals surface area contributed by atoms with Crippen LogP contribution in [-0.2, 0) is 0 Å². The first-order chi connectivity index (χ1) is 5.79. The van der Waals surface area contributed by atoms with Crippen molar-refractivity contribution in [2.75, 3.05) is 13.1 Å². The molecule has 12 heavy (non-hydrogen) atoms. The average Bonchev–Trinajstić information content (AvgIpc) is 2.05. The van der Waals surface area contributed by atoms with Crippen LogP contribution in [0.2, 0.25) is 13.1 Å². The molecule has 70 valence electrons. The molecule has 0 amide bonds. The predicted octanol–water partition coefficient (Wildman–Crippen LogP) is 1.38. The van der Waals surface area contributed by atoms with Crippen molar-refractivity contribution in [2.24, 2.45) is 5.92 Å². The molecule has 1 atom stereocenters. The van der Waals surface area contributed by atoms with E-state index in [4.69, 9.17) is 5.02 Å². The van der Waals surface area contributed by atoms with Crippen molar-refractivity contribution in [3.63, 3.8) is 0 Å². The zero-order chi connectivity index (χ0) is 8.81. The monoisotopic (exact) mass is 169 g/mol. The molecule has 0 saturated carbocycles. The van der Waals surface area contributed by atoms with Crippen molar-refractivity contribution in [3.05, 3.63) is 0 Å². The van der Waals surface area contributed by atoms with Gasteiger partial charge in [0.2, 0.25) is 0 Å². The molecular weight excluding hydrogens is 149 g/mol. The fraction of sp³-hybridized carbons (Fsp3) is 1.00. The molecule has 0 unspecified atom stereocenters. The van der Waals surface area contributed by atoms with E-state index < -0.39 is 0 Å². The number of rotatable bonds is 4. The van der Waals surface area contributed by atoms with E-state index in [-0.39, 0.29) is 6.92 Å². The topological polar surface area (TPSA) is 32.3 Å². The molecule has 0 radical (unpaired) electrons. The van der Waals surface area contributed by atoms with E-state index in [1.54, 1.807) is 0 Å². The summed E-state index contributed by atoms with van der Waals surface area (Å²) >= 11 is 0. The molecule has 0 spiro atoms. The van der Waals surface area contributed by atoms with E-state index in [1.807, 2.05) is 6.82 Å². The summed E-state index contributed by atoms with van der Waals surface area (Å²) in [6.07, 6.45) is 6.16. The van der Waals surface area contributed by atoms with Crippen molar-refractivity contribution in [1.82, 2.24) is 5.32 Å². The normalized spacial score (nSPS) is 24.0. The summed E-state index contributed by atoms with van der Waals surface area (Å²) in [5.41, 5.74) is 0. The van der Waals surface area contributed by atoms with Gasteiger partial charge in [0.05, 0.1) is 0 Å². The van der Waals surface area contributed by atoms with Gasteiger partial charge < -0.3 is 10.3 Å². The molecule has 0 aliphatic carbocycles. The Kier molecular flexibility index (Phi) is 4.70. The van der Waals surface area contributed by atoms with E-state index in [9.17, 15) is 0 Å². The molecule has 1 heterocycles. The summed E-state index contributed by atoms with van der Waals surface area (Å²) in [6, 6.07) is 0. The maximum absolute atomic E-state index is 9.07. The van der Waals surface area contributed by atoms with Crippen molar-refractivity contribution in [3.8, 4) is 0 Å². The van der Waals surface area contributed by atoms with Crippen LogP contribution in [0.4, 0.5) is 0 Å². The Labute approximate surface area is 75.9 Å². The molecule has 0 aromatic carbocycles. The van der Waals surface area contributed by atoms with Gasteiger partial charge in [-0.3, -0.25) is 0 Å². The Morgan fingerprint density at radius 1 is 1.58 bits per heavy atom. The average molecular weight is 169 g/mol. The number of hydrogen-bond donors (Lipinski definition) is 2. The van der Waals surface area contributed by atoms with Crippen molar-refractivity contribution >= 4 is 6.92 Å². The van der Waals surface area contributed by atoms with Crippen LogP contribution in [0.1, 0.15) is 25.7 Å². The first kappa shape index (κ1) is 10.1. The van der Waals surface area contributed by atoms with Crippen LogP contribution in [0, 0.1) is 5.92 Å². The molecule has 0 aromatic heterocycles. The Morgan fingerprint density at radius 3 is 3.00 bits per heavy atom. The van der Waals surface area contributed by atoms with E-state index in [2.05, 4.69) is 5.32 Å². The summed E-state index contributed by atoms with van der Waals surface area (Å²) in [7, 11) is 0. The molecule has 1 aliphatic rings. The Bertz CT molecular complexity index is 113. The van der Waals surface area contributed by atoms with Gasteiger partial charge in [0, 0.05) is 0 Å². The molecule has 1 saturated heterocycles. The maximum atomic E-state index is 9.07. The highest BCUT2D eigenvalue weighted by molar-refractivity contribution is 6.48. The van der Waals surface area contributed by atoms with Gasteiger partial charge in [-0.05, 0) is 44.6 Å². The van der Waals surface area contributed by atoms with Gasteiger partial charge in [0.25, 0.3) is 6.92 Å². The predicted molar refractivity (Wildman–Crippen MR) is 53.5 cm³/mol. The lowest BCUT2D eigenvalue weighted by molar-refractivity contribution is 0.354. The smallest absolute Gasteiger partial charge is 0.285 e. The van der Waals surface area contributed by atoms with E-state index in [1.165, 1.54) is 38.8 Å². The third-order valence-corrected chi connectivity index (χ3v) is 2.63. The van der Waals surface area contributed by atoms with Crippen LogP contribution in [0.5, 0.6) is 0 Å². The Morgan fingerprint density at radius 2 is 2.42 bits per heavy atom. The number of hydrogen-bond acceptors (Lipinski definition) is 2. The molecule has 1 rings (SSSR count). The minimum atomic E-state index is -0.110. The standard InChI is InChI=1S/C9H20BNO/c1-10(12)6-2-4-9-5-3-7-11-8-9/h9,11-12H,2-8H2,1H3/t9-/m1/s1. The summed E-state index contributed by atoms with van der Waals surface area (Å²) in [6.45, 7) is 4.16. The lowest BCUT2D eigenvalue weighted by Crippen LogP contribution is -2.29. The van der Waals surface area contributed by atoms with Crippen LogP contribution in [0.15, 0.2) is 0 Å². The van der Waals surface area contributed by atoms with Crippen molar-refractivity contribution in [2.45, 2.75) is 38.8 Å². The van der Waals surface area contributed by atoms with Gasteiger partial charge in [-0.25, -0.2) is 0 Å². The first-order valence-corrected chi connectivity index (χ1v) is 5.18. The zero-order valence-corrected chi connectivity index (χ0v) is 8.05. The SMILES string of the molecule is CB(O)CCC[C@@H]1CCCNC1. The summed E-state index contributed by atoms with van der Waals surface area (Å²) < 4.78 is 0. The number of nitrogens with one attached hydrogen (secondary N) is 1. The molecule has 0 aromatic rings. The van der Waals surface area contributed by atoms with Gasteiger partial charge in [-0.2, -0.15) is 0 Å². The van der Waals surface area contributed by atoms with Gasteiger partial charge >= 0.3 is 0 Å². The second-order valence-electron chi connectivity index (χ2n) is 3.99. The van der Waals surface area contributed by atoms with E-state index in [0.29, 0.717) is 0 Å². The fourth-order valence-corrected chi connectivity index (χ4v) is 1.87. The van der Waals surface area contributed by atoms with Gasteiger partial charge in [-0.1, -0.05) is 13.2 Å². The van der Waals surface area contributed by atoms with Crippen molar-refractivity contribution < 1.29 is 5.02 Å². The molecule has 0 bridgehead atoms. The molecule has 3 heteroatoms. The van der Waals surface area contributed by atoms with Crippen molar-refractivity contribution in [1.29, 1.82) is 0 Å².